The van der Waals surface area contributed by atoms with Gasteiger partial charge >= 0.3 is 0 Å². The van der Waals surface area contributed by atoms with Gasteiger partial charge in [0.25, 0.3) is 0 Å². The Labute approximate surface area is 126 Å². The van der Waals surface area contributed by atoms with Crippen LogP contribution in [0.3, 0.4) is 0 Å². The number of nitrogens with zero attached hydrogens (tertiary/aromatic N) is 2. The van der Waals surface area contributed by atoms with E-state index in [1.807, 2.05) is 0 Å². The minimum absolute atomic E-state index is 0.286. The van der Waals surface area contributed by atoms with Gasteiger partial charge in [-0.2, -0.15) is 4.98 Å². The maximum Gasteiger partial charge on any atom is 0.231 e. The topological polar surface area (TPSA) is 60.2 Å². The van der Waals surface area contributed by atoms with Crippen molar-refractivity contribution in [2.75, 3.05) is 13.2 Å². The van der Waals surface area contributed by atoms with Gasteiger partial charge in [0.05, 0.1) is 12.0 Å². The van der Waals surface area contributed by atoms with Crippen molar-refractivity contribution in [3.05, 3.63) is 11.7 Å². The van der Waals surface area contributed by atoms with E-state index in [-0.39, 0.29) is 6.10 Å². The molecule has 5 heteroatoms. The number of hydrogen-bond donors (Lipinski definition) is 1. The molecule has 118 valence electrons. The van der Waals surface area contributed by atoms with E-state index in [9.17, 15) is 0 Å². The van der Waals surface area contributed by atoms with Crippen molar-refractivity contribution in [3.8, 4) is 0 Å². The van der Waals surface area contributed by atoms with Gasteiger partial charge in [0.2, 0.25) is 5.89 Å². The summed E-state index contributed by atoms with van der Waals surface area (Å²) in [6, 6.07) is 0.480. The van der Waals surface area contributed by atoms with Crippen LogP contribution in [0.1, 0.15) is 69.5 Å². The van der Waals surface area contributed by atoms with Gasteiger partial charge in [0.15, 0.2) is 5.82 Å². The van der Waals surface area contributed by atoms with Crippen molar-refractivity contribution in [1.82, 2.24) is 15.5 Å². The summed E-state index contributed by atoms with van der Waals surface area (Å²) in [5, 5.41) is 7.79. The van der Waals surface area contributed by atoms with Crippen LogP contribution in [-0.4, -0.2) is 35.4 Å². The van der Waals surface area contributed by atoms with Crippen LogP contribution in [0.4, 0.5) is 0 Å². The van der Waals surface area contributed by atoms with Crippen LogP contribution in [0.5, 0.6) is 0 Å². The number of ether oxygens (including phenoxy) is 1. The number of rotatable bonds is 5. The molecule has 2 aliphatic rings. The molecule has 1 saturated carbocycles. The molecule has 3 atom stereocenters. The molecule has 5 nitrogen and oxygen atoms in total. The van der Waals surface area contributed by atoms with E-state index < -0.39 is 0 Å². The molecule has 21 heavy (non-hydrogen) atoms. The summed E-state index contributed by atoms with van der Waals surface area (Å²) in [6.07, 6.45) is 9.59. The van der Waals surface area contributed by atoms with E-state index in [0.29, 0.717) is 12.0 Å². The summed E-state index contributed by atoms with van der Waals surface area (Å²) in [6.45, 7) is 4.04. The number of nitrogens with one attached hydrogen (secondary N) is 1. The van der Waals surface area contributed by atoms with Gasteiger partial charge in [-0.1, -0.05) is 31.3 Å². The summed E-state index contributed by atoms with van der Waals surface area (Å²) in [7, 11) is 0. The van der Waals surface area contributed by atoms with Gasteiger partial charge < -0.3 is 14.6 Å². The fraction of sp³-hybridized carbons (Fsp3) is 0.875. The van der Waals surface area contributed by atoms with Crippen LogP contribution in [0.25, 0.3) is 0 Å². The van der Waals surface area contributed by atoms with Crippen molar-refractivity contribution >= 4 is 0 Å². The first-order valence-electron chi connectivity index (χ1n) is 8.54. The van der Waals surface area contributed by atoms with Crippen molar-refractivity contribution in [3.63, 3.8) is 0 Å². The van der Waals surface area contributed by atoms with Crippen molar-refractivity contribution < 1.29 is 9.26 Å². The quantitative estimate of drug-likeness (QED) is 0.846. The lowest BCUT2D eigenvalue weighted by molar-refractivity contribution is 0.109. The van der Waals surface area contributed by atoms with Crippen LogP contribution in [-0.2, 0) is 11.2 Å². The Balaban J connectivity index is 1.67. The minimum Gasteiger partial charge on any atom is -0.378 e. The lowest BCUT2D eigenvalue weighted by atomic mass is 9.94. The molecule has 2 fully saturated rings. The lowest BCUT2D eigenvalue weighted by Gasteiger charge is -2.22. The zero-order valence-corrected chi connectivity index (χ0v) is 13.0. The lowest BCUT2D eigenvalue weighted by Crippen LogP contribution is -2.34. The van der Waals surface area contributed by atoms with Crippen LogP contribution in [0.15, 0.2) is 4.52 Å². The molecule has 1 aromatic heterocycles. The number of likely N-dealkylation sites (N-methyl/N-ethyl adjacent to an activating group) is 1. The fourth-order valence-electron chi connectivity index (χ4n) is 3.62. The zero-order valence-electron chi connectivity index (χ0n) is 13.0. The fourth-order valence-corrected chi connectivity index (χ4v) is 3.62. The standard InChI is InChI=1S/C16H27N3O2/c1-2-17-14-9-5-3-4-8-13(14)16-18-15(19-21-16)11-12-7-6-10-20-12/h12-14,17H,2-11H2,1H3. The van der Waals surface area contributed by atoms with Gasteiger partial charge in [-0.15, -0.1) is 0 Å². The highest BCUT2D eigenvalue weighted by atomic mass is 16.5. The smallest absolute Gasteiger partial charge is 0.231 e. The van der Waals surface area contributed by atoms with Crippen LogP contribution < -0.4 is 5.32 Å². The van der Waals surface area contributed by atoms with Crippen LogP contribution >= 0.6 is 0 Å². The first-order valence-corrected chi connectivity index (χ1v) is 8.54. The highest BCUT2D eigenvalue weighted by Crippen LogP contribution is 2.31. The molecule has 2 heterocycles. The molecule has 0 amide bonds. The van der Waals surface area contributed by atoms with E-state index in [4.69, 9.17) is 9.26 Å². The molecule has 1 N–H and O–H groups in total. The van der Waals surface area contributed by atoms with Gasteiger partial charge in [0, 0.05) is 19.1 Å². The Morgan fingerprint density at radius 1 is 1.14 bits per heavy atom. The van der Waals surface area contributed by atoms with Gasteiger partial charge in [-0.25, -0.2) is 0 Å². The average molecular weight is 293 g/mol. The summed E-state index contributed by atoms with van der Waals surface area (Å²) in [5.74, 6) is 2.02. The SMILES string of the molecule is CCNC1CCCCCC1c1nc(CC2CCCO2)no1. The molecule has 3 unspecified atom stereocenters. The molecule has 3 rings (SSSR count). The van der Waals surface area contributed by atoms with Gasteiger partial charge in [-0.3, -0.25) is 0 Å². The average Bonchev–Trinajstić information content (AvgIpc) is 3.10. The maximum atomic E-state index is 5.66. The van der Waals surface area contributed by atoms with Crippen molar-refractivity contribution in [1.29, 1.82) is 0 Å². The van der Waals surface area contributed by atoms with E-state index >= 15 is 0 Å². The number of aromatic nitrogens is 2. The first-order chi connectivity index (χ1) is 10.4. The third kappa shape index (κ3) is 3.83. The monoisotopic (exact) mass is 293 g/mol. The highest BCUT2D eigenvalue weighted by molar-refractivity contribution is 5.01. The first kappa shape index (κ1) is 15.0. The Bertz CT molecular complexity index is 429. The van der Waals surface area contributed by atoms with E-state index in [1.165, 1.54) is 25.7 Å². The molecule has 1 aliphatic heterocycles. The Morgan fingerprint density at radius 2 is 2.05 bits per heavy atom. The normalized spacial score (nSPS) is 30.4. The summed E-state index contributed by atoms with van der Waals surface area (Å²) in [4.78, 5) is 4.67. The Kier molecular flexibility index (Phi) is 5.25. The molecule has 0 bridgehead atoms. The predicted octanol–water partition coefficient (Wildman–Crippen LogP) is 2.82. The van der Waals surface area contributed by atoms with Crippen LogP contribution in [0.2, 0.25) is 0 Å². The Morgan fingerprint density at radius 3 is 2.86 bits per heavy atom. The third-order valence-electron chi connectivity index (χ3n) is 4.72. The molecule has 0 spiro atoms. The highest BCUT2D eigenvalue weighted by Gasteiger charge is 2.29. The molecular formula is C16H27N3O2. The molecule has 0 radical (unpaired) electrons. The third-order valence-corrected chi connectivity index (χ3v) is 4.72. The second-order valence-electron chi connectivity index (χ2n) is 6.30. The molecular weight excluding hydrogens is 266 g/mol. The largest absolute Gasteiger partial charge is 0.378 e. The minimum atomic E-state index is 0.286. The second-order valence-corrected chi connectivity index (χ2v) is 6.30. The van der Waals surface area contributed by atoms with Crippen molar-refractivity contribution in [2.45, 2.75) is 76.4 Å². The Hall–Kier alpha value is -0.940. The molecule has 0 aromatic carbocycles. The summed E-state index contributed by atoms with van der Waals surface area (Å²) in [5.41, 5.74) is 0. The van der Waals surface area contributed by atoms with E-state index in [2.05, 4.69) is 22.4 Å². The zero-order chi connectivity index (χ0) is 14.5. The second kappa shape index (κ2) is 7.36. The van der Waals surface area contributed by atoms with Crippen LogP contribution in [0, 0.1) is 0 Å². The van der Waals surface area contributed by atoms with E-state index in [1.54, 1.807) is 0 Å². The summed E-state index contributed by atoms with van der Waals surface area (Å²) < 4.78 is 11.2. The van der Waals surface area contributed by atoms with Gasteiger partial charge in [-0.05, 0) is 32.2 Å². The maximum absolute atomic E-state index is 5.66. The number of hydrogen-bond acceptors (Lipinski definition) is 5. The predicted molar refractivity (Wildman–Crippen MR) is 80.3 cm³/mol. The van der Waals surface area contributed by atoms with Gasteiger partial charge in [0.1, 0.15) is 0 Å². The van der Waals surface area contributed by atoms with E-state index in [0.717, 1.165) is 50.6 Å². The molecule has 1 aliphatic carbocycles. The van der Waals surface area contributed by atoms with Crippen molar-refractivity contribution in [2.24, 2.45) is 0 Å². The summed E-state index contributed by atoms with van der Waals surface area (Å²) >= 11 is 0. The molecule has 1 aromatic rings. The molecule has 1 saturated heterocycles.